The Morgan fingerprint density at radius 3 is 2.71 bits per heavy atom. The fourth-order valence-corrected chi connectivity index (χ4v) is 2.06. The minimum Gasteiger partial charge on any atom is -0.497 e. The largest absolute Gasteiger partial charge is 0.497 e. The van der Waals surface area contributed by atoms with Crippen LogP contribution in [0.3, 0.4) is 0 Å². The molecule has 96 valence electrons. The first-order chi connectivity index (χ1) is 8.17. The first-order valence-corrected chi connectivity index (χ1v) is 6.63. The van der Waals surface area contributed by atoms with Crippen molar-refractivity contribution in [3.63, 3.8) is 0 Å². The van der Waals surface area contributed by atoms with Crippen LogP contribution in [0.5, 0.6) is 5.75 Å². The van der Waals surface area contributed by atoms with Crippen LogP contribution in [-0.2, 0) is 6.54 Å². The molecule has 0 aliphatic heterocycles. The van der Waals surface area contributed by atoms with Gasteiger partial charge in [0.25, 0.3) is 0 Å². The summed E-state index contributed by atoms with van der Waals surface area (Å²) in [7, 11) is 1.69. The van der Waals surface area contributed by atoms with Gasteiger partial charge in [0.1, 0.15) is 5.75 Å². The second kappa shape index (κ2) is 7.57. The number of hydrogen-bond acceptors (Lipinski definition) is 2. The van der Waals surface area contributed by atoms with Gasteiger partial charge < -0.3 is 10.1 Å². The average molecular weight is 256 g/mol. The van der Waals surface area contributed by atoms with E-state index < -0.39 is 0 Å². The van der Waals surface area contributed by atoms with Crippen molar-refractivity contribution in [2.24, 2.45) is 5.92 Å². The third kappa shape index (κ3) is 4.97. The average Bonchev–Trinajstić information content (AvgIpc) is 2.34. The van der Waals surface area contributed by atoms with Crippen LogP contribution in [0.25, 0.3) is 0 Å². The van der Waals surface area contributed by atoms with Gasteiger partial charge in [-0.15, -0.1) is 11.6 Å². The van der Waals surface area contributed by atoms with E-state index >= 15 is 0 Å². The molecular formula is C14H22ClNO. The Bertz CT molecular complexity index is 328. The zero-order valence-corrected chi connectivity index (χ0v) is 11.6. The molecule has 0 amide bonds. The number of methoxy groups -OCH3 is 1. The van der Waals surface area contributed by atoms with E-state index in [0.29, 0.717) is 17.8 Å². The second-order valence-electron chi connectivity index (χ2n) is 4.56. The van der Waals surface area contributed by atoms with E-state index in [1.54, 1.807) is 7.11 Å². The lowest BCUT2D eigenvalue weighted by Crippen LogP contribution is -2.33. The summed E-state index contributed by atoms with van der Waals surface area (Å²) in [5.74, 6) is 2.20. The summed E-state index contributed by atoms with van der Waals surface area (Å²) in [6.07, 6.45) is 1.00. The molecule has 1 rings (SSSR count). The summed E-state index contributed by atoms with van der Waals surface area (Å²) >= 11 is 5.81. The number of benzene rings is 1. The van der Waals surface area contributed by atoms with Gasteiger partial charge in [-0.05, 0) is 30.0 Å². The van der Waals surface area contributed by atoms with Crippen molar-refractivity contribution < 1.29 is 4.74 Å². The second-order valence-corrected chi connectivity index (χ2v) is 4.94. The van der Waals surface area contributed by atoms with Crippen molar-refractivity contribution in [2.45, 2.75) is 32.9 Å². The van der Waals surface area contributed by atoms with Crippen LogP contribution in [-0.4, -0.2) is 19.0 Å². The molecule has 1 unspecified atom stereocenters. The summed E-state index contributed by atoms with van der Waals surface area (Å²) in [6.45, 7) is 5.29. The van der Waals surface area contributed by atoms with Gasteiger partial charge in [0.05, 0.1) is 7.11 Å². The topological polar surface area (TPSA) is 21.3 Å². The molecule has 0 aliphatic carbocycles. The van der Waals surface area contributed by atoms with Gasteiger partial charge in [-0.2, -0.15) is 0 Å². The van der Waals surface area contributed by atoms with Crippen LogP contribution in [0.4, 0.5) is 0 Å². The van der Waals surface area contributed by atoms with E-state index in [-0.39, 0.29) is 0 Å². The van der Waals surface area contributed by atoms with Crippen LogP contribution >= 0.6 is 11.6 Å². The zero-order chi connectivity index (χ0) is 12.7. The maximum Gasteiger partial charge on any atom is 0.119 e. The van der Waals surface area contributed by atoms with Crippen molar-refractivity contribution in [1.29, 1.82) is 0 Å². The summed E-state index contributed by atoms with van der Waals surface area (Å²) in [5.41, 5.74) is 1.24. The quantitative estimate of drug-likeness (QED) is 0.754. The van der Waals surface area contributed by atoms with Gasteiger partial charge in [0.2, 0.25) is 0 Å². The SMILES string of the molecule is COc1cccc(CNC(CCCl)C(C)C)c1. The number of nitrogens with one attached hydrogen (secondary N) is 1. The maximum atomic E-state index is 5.81. The van der Waals surface area contributed by atoms with Crippen LogP contribution < -0.4 is 10.1 Å². The van der Waals surface area contributed by atoms with E-state index in [1.165, 1.54) is 5.56 Å². The van der Waals surface area contributed by atoms with E-state index in [1.807, 2.05) is 12.1 Å². The summed E-state index contributed by atoms with van der Waals surface area (Å²) < 4.78 is 5.21. The molecule has 1 aromatic rings. The molecule has 1 aromatic carbocycles. The molecule has 17 heavy (non-hydrogen) atoms. The molecule has 3 heteroatoms. The first-order valence-electron chi connectivity index (χ1n) is 6.09. The lowest BCUT2D eigenvalue weighted by molar-refractivity contribution is 0.387. The summed E-state index contributed by atoms with van der Waals surface area (Å²) in [4.78, 5) is 0. The lowest BCUT2D eigenvalue weighted by Gasteiger charge is -2.21. The molecule has 0 bridgehead atoms. The third-order valence-corrected chi connectivity index (χ3v) is 3.15. The Balaban J connectivity index is 2.52. The van der Waals surface area contributed by atoms with E-state index in [4.69, 9.17) is 16.3 Å². The molecular weight excluding hydrogens is 234 g/mol. The molecule has 0 saturated heterocycles. The van der Waals surface area contributed by atoms with Crippen LogP contribution in [0.15, 0.2) is 24.3 Å². The van der Waals surface area contributed by atoms with Gasteiger partial charge in [0.15, 0.2) is 0 Å². The van der Waals surface area contributed by atoms with Crippen molar-refractivity contribution in [3.05, 3.63) is 29.8 Å². The van der Waals surface area contributed by atoms with Gasteiger partial charge in [-0.1, -0.05) is 26.0 Å². The Labute approximate surface area is 109 Å². The Hall–Kier alpha value is -0.730. The highest BCUT2D eigenvalue weighted by Gasteiger charge is 2.11. The fourth-order valence-electron chi connectivity index (χ4n) is 1.82. The number of rotatable bonds is 7. The van der Waals surface area contributed by atoms with Crippen molar-refractivity contribution in [3.8, 4) is 5.75 Å². The maximum absolute atomic E-state index is 5.81. The molecule has 0 radical (unpaired) electrons. The van der Waals surface area contributed by atoms with Crippen LogP contribution in [0, 0.1) is 5.92 Å². The fraction of sp³-hybridized carbons (Fsp3) is 0.571. The number of alkyl halides is 1. The molecule has 1 N–H and O–H groups in total. The highest BCUT2D eigenvalue weighted by atomic mass is 35.5. The number of hydrogen-bond donors (Lipinski definition) is 1. The molecule has 0 spiro atoms. The molecule has 1 atom stereocenters. The van der Waals surface area contributed by atoms with E-state index in [9.17, 15) is 0 Å². The van der Waals surface area contributed by atoms with Crippen molar-refractivity contribution in [2.75, 3.05) is 13.0 Å². The van der Waals surface area contributed by atoms with Gasteiger partial charge in [0, 0.05) is 18.5 Å². The lowest BCUT2D eigenvalue weighted by atomic mass is 10.0. The van der Waals surface area contributed by atoms with Gasteiger partial charge in [-0.3, -0.25) is 0 Å². The number of halogens is 1. The summed E-state index contributed by atoms with van der Waals surface area (Å²) in [5, 5.41) is 3.55. The summed E-state index contributed by atoms with van der Waals surface area (Å²) in [6, 6.07) is 8.61. The Morgan fingerprint density at radius 2 is 2.12 bits per heavy atom. The van der Waals surface area contributed by atoms with E-state index in [2.05, 4.69) is 31.3 Å². The molecule has 0 fully saturated rings. The Kier molecular flexibility index (Phi) is 6.38. The van der Waals surface area contributed by atoms with Crippen LogP contribution in [0.2, 0.25) is 0 Å². The monoisotopic (exact) mass is 255 g/mol. The minimum absolute atomic E-state index is 0.471. The molecule has 0 aromatic heterocycles. The minimum atomic E-state index is 0.471. The molecule has 2 nitrogen and oxygen atoms in total. The van der Waals surface area contributed by atoms with Gasteiger partial charge in [-0.25, -0.2) is 0 Å². The van der Waals surface area contributed by atoms with Crippen molar-refractivity contribution in [1.82, 2.24) is 5.32 Å². The number of ether oxygens (including phenoxy) is 1. The smallest absolute Gasteiger partial charge is 0.119 e. The normalized spacial score (nSPS) is 12.8. The highest BCUT2D eigenvalue weighted by Crippen LogP contribution is 2.14. The zero-order valence-electron chi connectivity index (χ0n) is 10.9. The van der Waals surface area contributed by atoms with Crippen molar-refractivity contribution >= 4 is 11.6 Å². The predicted octanol–water partition coefficient (Wildman–Crippen LogP) is 3.44. The highest BCUT2D eigenvalue weighted by molar-refractivity contribution is 6.17. The molecule has 0 aliphatic rings. The molecule has 0 heterocycles. The van der Waals surface area contributed by atoms with E-state index in [0.717, 1.165) is 18.7 Å². The molecule has 0 saturated carbocycles. The Morgan fingerprint density at radius 1 is 1.35 bits per heavy atom. The predicted molar refractivity (Wildman–Crippen MR) is 73.8 cm³/mol. The first kappa shape index (κ1) is 14.3. The van der Waals surface area contributed by atoms with Crippen LogP contribution in [0.1, 0.15) is 25.8 Å². The van der Waals surface area contributed by atoms with Gasteiger partial charge >= 0.3 is 0 Å². The third-order valence-electron chi connectivity index (χ3n) is 2.93. The standard InChI is InChI=1S/C14H22ClNO/c1-11(2)14(7-8-15)16-10-12-5-4-6-13(9-12)17-3/h4-6,9,11,14,16H,7-8,10H2,1-3H3.